The van der Waals surface area contributed by atoms with E-state index in [0.29, 0.717) is 19.5 Å². The Morgan fingerprint density at radius 1 is 1.35 bits per heavy atom. The number of carbonyl (C=O) groups excluding carboxylic acids is 2. The number of aliphatic hydroxyl groups excluding tert-OH is 1. The minimum absolute atomic E-state index is 0.190. The average Bonchev–Trinajstić information content (AvgIpc) is 2.99. The van der Waals surface area contributed by atoms with E-state index >= 15 is 0 Å². The monoisotopic (exact) mass is 356 g/mol. The van der Waals surface area contributed by atoms with Gasteiger partial charge < -0.3 is 15.3 Å². The zero-order chi connectivity index (χ0) is 19.5. The van der Waals surface area contributed by atoms with Crippen LogP contribution in [0.5, 0.6) is 0 Å². The highest BCUT2D eigenvalue weighted by atomic mass is 16.3. The zero-order valence-corrected chi connectivity index (χ0v) is 16.0. The smallest absolute Gasteiger partial charge is 0.252 e. The number of hydrogen-bond acceptors (Lipinski definition) is 3. The second kappa shape index (κ2) is 7.92. The lowest BCUT2D eigenvalue weighted by molar-refractivity contribution is -0.150. The van der Waals surface area contributed by atoms with Crippen LogP contribution >= 0.6 is 0 Å². The molecule has 0 unspecified atom stereocenters. The number of likely N-dealkylation sites (tertiary alicyclic amines) is 1. The number of rotatable bonds is 4. The fourth-order valence-corrected chi connectivity index (χ4v) is 3.09. The van der Waals surface area contributed by atoms with Gasteiger partial charge in [-0.25, -0.2) is 0 Å². The second-order valence-electron chi connectivity index (χ2n) is 8.17. The van der Waals surface area contributed by atoms with Crippen molar-refractivity contribution in [3.05, 3.63) is 35.4 Å². The lowest BCUT2D eigenvalue weighted by atomic mass is 9.88. The summed E-state index contributed by atoms with van der Waals surface area (Å²) in [5.74, 6) is 2.21. The van der Waals surface area contributed by atoms with Gasteiger partial charge in [0.25, 0.3) is 5.91 Å². The third-order valence-electron chi connectivity index (χ3n) is 4.74. The van der Waals surface area contributed by atoms with Gasteiger partial charge in [-0.3, -0.25) is 9.59 Å². The molecule has 0 bridgehead atoms. The first-order valence-electron chi connectivity index (χ1n) is 8.95. The van der Waals surface area contributed by atoms with Crippen LogP contribution in [0.15, 0.2) is 24.3 Å². The molecule has 1 fully saturated rings. The Balaban J connectivity index is 2.03. The standard InChI is InChI=1S/C21H28N2O3/c1-6-15-7-9-16(10-8-15)12-22-19(25)17-11-14(2)13-23(17)20(26)18(24)21(3,4)5/h1,7-10,14,17-18,24H,11-13H2,2-5H3,(H,22,25)/t14-,17+,18-/m1/s1. The fraction of sp³-hybridized carbons (Fsp3) is 0.524. The Morgan fingerprint density at radius 2 is 1.96 bits per heavy atom. The maximum absolute atomic E-state index is 12.7. The number of nitrogens with zero attached hydrogens (tertiary/aromatic N) is 1. The summed E-state index contributed by atoms with van der Waals surface area (Å²) in [6.07, 6.45) is 4.81. The number of aliphatic hydroxyl groups is 1. The first-order chi connectivity index (χ1) is 12.1. The van der Waals surface area contributed by atoms with E-state index in [9.17, 15) is 14.7 Å². The zero-order valence-electron chi connectivity index (χ0n) is 16.0. The maximum Gasteiger partial charge on any atom is 0.252 e. The minimum Gasteiger partial charge on any atom is -0.383 e. The molecule has 0 saturated carbocycles. The second-order valence-corrected chi connectivity index (χ2v) is 8.17. The van der Waals surface area contributed by atoms with Crippen LogP contribution in [0.25, 0.3) is 0 Å². The summed E-state index contributed by atoms with van der Waals surface area (Å²) < 4.78 is 0. The highest BCUT2D eigenvalue weighted by Gasteiger charge is 2.42. The number of benzene rings is 1. The highest BCUT2D eigenvalue weighted by Crippen LogP contribution is 2.28. The van der Waals surface area contributed by atoms with Crippen LogP contribution in [0, 0.1) is 23.7 Å². The van der Waals surface area contributed by atoms with Crippen molar-refractivity contribution in [1.29, 1.82) is 0 Å². The third-order valence-corrected chi connectivity index (χ3v) is 4.74. The number of nitrogens with one attached hydrogen (secondary N) is 1. The van der Waals surface area contributed by atoms with Crippen LogP contribution in [0.3, 0.4) is 0 Å². The molecule has 140 valence electrons. The number of hydrogen-bond donors (Lipinski definition) is 2. The molecular formula is C21H28N2O3. The average molecular weight is 356 g/mol. The van der Waals surface area contributed by atoms with E-state index in [1.807, 2.05) is 52.0 Å². The van der Waals surface area contributed by atoms with Crippen LogP contribution in [0.1, 0.15) is 45.2 Å². The van der Waals surface area contributed by atoms with Gasteiger partial charge in [0.05, 0.1) is 0 Å². The summed E-state index contributed by atoms with van der Waals surface area (Å²) >= 11 is 0. The molecule has 5 nitrogen and oxygen atoms in total. The molecule has 1 aliphatic rings. The molecule has 2 N–H and O–H groups in total. The summed E-state index contributed by atoms with van der Waals surface area (Å²) in [6.45, 7) is 8.30. The van der Waals surface area contributed by atoms with Crippen molar-refractivity contribution in [2.45, 2.75) is 52.8 Å². The van der Waals surface area contributed by atoms with Gasteiger partial charge in [0.1, 0.15) is 12.1 Å². The van der Waals surface area contributed by atoms with Crippen molar-refractivity contribution in [2.24, 2.45) is 11.3 Å². The molecule has 3 atom stereocenters. The van der Waals surface area contributed by atoms with Crippen LogP contribution in [-0.2, 0) is 16.1 Å². The van der Waals surface area contributed by atoms with Crippen LogP contribution in [0.4, 0.5) is 0 Å². The van der Waals surface area contributed by atoms with E-state index in [1.165, 1.54) is 4.90 Å². The summed E-state index contributed by atoms with van der Waals surface area (Å²) in [5, 5.41) is 13.2. The molecule has 1 saturated heterocycles. The summed E-state index contributed by atoms with van der Waals surface area (Å²) in [6, 6.07) is 6.86. The van der Waals surface area contributed by atoms with E-state index in [4.69, 9.17) is 6.42 Å². The topological polar surface area (TPSA) is 69.6 Å². The van der Waals surface area contributed by atoms with Gasteiger partial charge in [0.2, 0.25) is 5.91 Å². The third kappa shape index (κ3) is 4.64. The molecule has 1 heterocycles. The van der Waals surface area contributed by atoms with Crippen molar-refractivity contribution < 1.29 is 14.7 Å². The van der Waals surface area contributed by atoms with Gasteiger partial charge >= 0.3 is 0 Å². The number of terminal acetylenes is 1. The predicted octanol–water partition coefficient (Wildman–Crippen LogP) is 1.93. The van der Waals surface area contributed by atoms with Gasteiger partial charge in [0.15, 0.2) is 0 Å². The number of amides is 2. The molecule has 0 radical (unpaired) electrons. The minimum atomic E-state index is -1.13. The van der Waals surface area contributed by atoms with Gasteiger partial charge in [-0.2, -0.15) is 0 Å². The van der Waals surface area contributed by atoms with E-state index in [-0.39, 0.29) is 17.7 Å². The molecule has 2 amide bonds. The SMILES string of the molecule is C#Cc1ccc(CNC(=O)[C@@H]2C[C@@H](C)CN2C(=O)[C@@H](O)C(C)(C)C)cc1. The normalized spacial score (nSPS) is 21.2. The largest absolute Gasteiger partial charge is 0.383 e. The quantitative estimate of drug-likeness (QED) is 0.810. The Bertz CT molecular complexity index is 697. The van der Waals surface area contributed by atoms with Gasteiger partial charge in [0, 0.05) is 18.7 Å². The van der Waals surface area contributed by atoms with Gasteiger partial charge in [-0.05, 0) is 35.4 Å². The Kier molecular flexibility index (Phi) is 6.09. The van der Waals surface area contributed by atoms with Crippen molar-refractivity contribution in [1.82, 2.24) is 10.2 Å². The predicted molar refractivity (Wildman–Crippen MR) is 101 cm³/mol. The molecule has 1 aromatic rings. The van der Waals surface area contributed by atoms with Crippen LogP contribution in [0.2, 0.25) is 0 Å². The lowest BCUT2D eigenvalue weighted by Crippen LogP contribution is -2.51. The summed E-state index contributed by atoms with van der Waals surface area (Å²) in [5.41, 5.74) is 1.16. The van der Waals surface area contributed by atoms with Gasteiger partial charge in [-0.15, -0.1) is 6.42 Å². The van der Waals surface area contributed by atoms with Crippen molar-refractivity contribution >= 4 is 11.8 Å². The Hall–Kier alpha value is -2.32. The van der Waals surface area contributed by atoms with E-state index in [0.717, 1.165) is 11.1 Å². The van der Waals surface area contributed by atoms with Crippen molar-refractivity contribution in [2.75, 3.05) is 6.54 Å². The summed E-state index contributed by atoms with van der Waals surface area (Å²) in [4.78, 5) is 26.9. The summed E-state index contributed by atoms with van der Waals surface area (Å²) in [7, 11) is 0. The van der Waals surface area contributed by atoms with Crippen molar-refractivity contribution in [3.63, 3.8) is 0 Å². The molecular weight excluding hydrogens is 328 g/mol. The first kappa shape index (κ1) is 20.0. The fourth-order valence-electron chi connectivity index (χ4n) is 3.09. The Labute approximate surface area is 155 Å². The Morgan fingerprint density at radius 3 is 2.50 bits per heavy atom. The number of carbonyl (C=O) groups is 2. The lowest BCUT2D eigenvalue weighted by Gasteiger charge is -2.31. The molecule has 0 spiro atoms. The molecule has 0 aromatic heterocycles. The van der Waals surface area contributed by atoms with E-state index in [2.05, 4.69) is 11.2 Å². The van der Waals surface area contributed by atoms with Crippen LogP contribution in [-0.4, -0.2) is 40.5 Å². The molecule has 26 heavy (non-hydrogen) atoms. The molecule has 1 aromatic carbocycles. The van der Waals surface area contributed by atoms with Crippen molar-refractivity contribution in [3.8, 4) is 12.3 Å². The molecule has 0 aliphatic carbocycles. The van der Waals surface area contributed by atoms with Gasteiger partial charge in [-0.1, -0.05) is 45.7 Å². The maximum atomic E-state index is 12.7. The first-order valence-corrected chi connectivity index (χ1v) is 8.95. The highest BCUT2D eigenvalue weighted by molar-refractivity contribution is 5.90. The van der Waals surface area contributed by atoms with E-state index in [1.54, 1.807) is 0 Å². The van der Waals surface area contributed by atoms with E-state index < -0.39 is 17.6 Å². The molecule has 5 heteroatoms. The molecule has 2 rings (SSSR count). The van der Waals surface area contributed by atoms with Crippen LogP contribution < -0.4 is 5.32 Å². The molecule has 1 aliphatic heterocycles.